The third-order valence-electron chi connectivity index (χ3n) is 5.72. The Morgan fingerprint density at radius 3 is 2.44 bits per heavy atom. The summed E-state index contributed by atoms with van der Waals surface area (Å²) in [5.41, 5.74) is 2.06. The fourth-order valence-electron chi connectivity index (χ4n) is 4.06. The molecule has 0 bridgehead atoms. The van der Waals surface area contributed by atoms with Crippen molar-refractivity contribution in [3.63, 3.8) is 0 Å². The van der Waals surface area contributed by atoms with Crippen LogP contribution in [0.2, 0.25) is 0 Å². The fraction of sp³-hybridized carbons (Fsp3) is 0.348. The van der Waals surface area contributed by atoms with Crippen molar-refractivity contribution >= 4 is 32.4 Å². The van der Waals surface area contributed by atoms with Crippen LogP contribution in [0.15, 0.2) is 59.1 Å². The van der Waals surface area contributed by atoms with Gasteiger partial charge in [-0.25, -0.2) is 13.4 Å². The number of benzene rings is 1. The van der Waals surface area contributed by atoms with Gasteiger partial charge in [0.1, 0.15) is 0 Å². The molecule has 0 unspecified atom stereocenters. The van der Waals surface area contributed by atoms with Crippen molar-refractivity contribution in [2.75, 3.05) is 11.9 Å². The summed E-state index contributed by atoms with van der Waals surface area (Å²) in [6.07, 6.45) is 8.49. The summed E-state index contributed by atoms with van der Waals surface area (Å²) >= 11 is 1.33. The number of aromatic nitrogens is 2. The van der Waals surface area contributed by atoms with Gasteiger partial charge in [0.2, 0.25) is 10.0 Å². The number of thiazole rings is 1. The average Bonchev–Trinajstić information content (AvgIpc) is 3.29. The van der Waals surface area contributed by atoms with Crippen molar-refractivity contribution in [2.45, 2.75) is 50.0 Å². The number of carbonyl (C=O) groups excluding carboxylic acids is 1. The number of anilines is 1. The number of rotatable bonds is 7. The molecule has 2 heterocycles. The second kappa shape index (κ2) is 9.89. The molecular formula is C23H26N4O3S2. The SMILES string of the molecule is CCN(C1CCCCC1)S(=O)(=O)c1ccc(C(=O)Nc2nc(-c3ccncc3)cs2)cc1. The molecule has 7 nitrogen and oxygen atoms in total. The van der Waals surface area contributed by atoms with Gasteiger partial charge in [-0.1, -0.05) is 26.2 Å². The van der Waals surface area contributed by atoms with E-state index < -0.39 is 10.0 Å². The highest BCUT2D eigenvalue weighted by atomic mass is 32.2. The van der Waals surface area contributed by atoms with E-state index in [0.29, 0.717) is 17.2 Å². The normalized spacial score (nSPS) is 15.1. The zero-order valence-corrected chi connectivity index (χ0v) is 19.5. The molecule has 0 saturated heterocycles. The summed E-state index contributed by atoms with van der Waals surface area (Å²) in [5.74, 6) is -0.329. The lowest BCUT2D eigenvalue weighted by Gasteiger charge is -2.32. The lowest BCUT2D eigenvalue weighted by Crippen LogP contribution is -2.41. The summed E-state index contributed by atoms with van der Waals surface area (Å²) in [7, 11) is -3.59. The van der Waals surface area contributed by atoms with Crippen molar-refractivity contribution in [2.24, 2.45) is 0 Å². The number of pyridine rings is 1. The van der Waals surface area contributed by atoms with Gasteiger partial charge >= 0.3 is 0 Å². The zero-order valence-electron chi connectivity index (χ0n) is 17.9. The number of sulfonamides is 1. The summed E-state index contributed by atoms with van der Waals surface area (Å²) < 4.78 is 28.0. The van der Waals surface area contributed by atoms with Crippen LogP contribution >= 0.6 is 11.3 Å². The molecule has 4 rings (SSSR count). The van der Waals surface area contributed by atoms with Crippen molar-refractivity contribution in [3.05, 3.63) is 59.7 Å². The molecule has 1 aromatic carbocycles. The van der Waals surface area contributed by atoms with E-state index in [4.69, 9.17) is 0 Å². The number of carbonyl (C=O) groups is 1. The molecule has 1 aliphatic carbocycles. The highest BCUT2D eigenvalue weighted by molar-refractivity contribution is 7.89. The summed E-state index contributed by atoms with van der Waals surface area (Å²) in [4.78, 5) is 21.3. The smallest absolute Gasteiger partial charge is 0.257 e. The molecule has 0 spiro atoms. The van der Waals surface area contributed by atoms with Gasteiger partial charge in [0.25, 0.3) is 5.91 Å². The second-order valence-electron chi connectivity index (χ2n) is 7.75. The van der Waals surface area contributed by atoms with E-state index in [1.807, 2.05) is 24.4 Å². The van der Waals surface area contributed by atoms with Crippen LogP contribution in [-0.2, 0) is 10.0 Å². The van der Waals surface area contributed by atoms with Crippen LogP contribution < -0.4 is 5.32 Å². The number of hydrogen-bond donors (Lipinski definition) is 1. The van der Waals surface area contributed by atoms with Gasteiger partial charge in [0.15, 0.2) is 5.13 Å². The third-order valence-corrected chi connectivity index (χ3v) is 8.52. The first-order valence-corrected chi connectivity index (χ1v) is 13.1. The Kier molecular flexibility index (Phi) is 6.98. The summed E-state index contributed by atoms with van der Waals surface area (Å²) in [6.45, 7) is 2.32. The highest BCUT2D eigenvalue weighted by Gasteiger charge is 2.31. The van der Waals surface area contributed by atoms with Gasteiger partial charge in [-0.15, -0.1) is 11.3 Å². The first kappa shape index (κ1) is 22.6. The van der Waals surface area contributed by atoms with Crippen LogP contribution in [0.25, 0.3) is 11.3 Å². The molecule has 0 aliphatic heterocycles. The van der Waals surface area contributed by atoms with Crippen LogP contribution in [0.1, 0.15) is 49.4 Å². The van der Waals surface area contributed by atoms with Crippen LogP contribution in [0.4, 0.5) is 5.13 Å². The third kappa shape index (κ3) is 4.90. The predicted molar refractivity (Wildman–Crippen MR) is 126 cm³/mol. The van der Waals surface area contributed by atoms with Gasteiger partial charge in [0.05, 0.1) is 10.6 Å². The van der Waals surface area contributed by atoms with Gasteiger partial charge in [-0.2, -0.15) is 4.31 Å². The number of hydrogen-bond acceptors (Lipinski definition) is 6. The maximum absolute atomic E-state index is 13.2. The van der Waals surface area contributed by atoms with E-state index in [-0.39, 0.29) is 16.8 Å². The fourth-order valence-corrected chi connectivity index (χ4v) is 6.47. The molecule has 1 N–H and O–H groups in total. The number of nitrogens with zero attached hydrogens (tertiary/aromatic N) is 3. The topological polar surface area (TPSA) is 92.3 Å². The van der Waals surface area contributed by atoms with E-state index in [1.165, 1.54) is 29.9 Å². The van der Waals surface area contributed by atoms with Crippen LogP contribution in [0.3, 0.4) is 0 Å². The maximum Gasteiger partial charge on any atom is 0.257 e. The first-order valence-electron chi connectivity index (χ1n) is 10.8. The van der Waals surface area contributed by atoms with Crippen LogP contribution in [-0.4, -0.2) is 41.2 Å². The number of nitrogens with one attached hydrogen (secondary N) is 1. The molecule has 0 radical (unpaired) electrons. The van der Waals surface area contributed by atoms with E-state index >= 15 is 0 Å². The molecule has 1 saturated carbocycles. The van der Waals surface area contributed by atoms with E-state index in [1.54, 1.807) is 28.8 Å². The standard InChI is InChI=1S/C23H26N4O3S2/c1-2-27(19-6-4-3-5-7-19)32(29,30)20-10-8-18(9-11-20)22(28)26-23-25-21(16-31-23)17-12-14-24-15-13-17/h8-16,19H,2-7H2,1H3,(H,25,26,28). The Hall–Kier alpha value is -2.62. The largest absolute Gasteiger partial charge is 0.298 e. The molecular weight excluding hydrogens is 444 g/mol. The Balaban J connectivity index is 1.46. The molecule has 3 aromatic rings. The van der Waals surface area contributed by atoms with Gasteiger partial charge in [-0.3, -0.25) is 15.1 Å². The average molecular weight is 471 g/mol. The quantitative estimate of drug-likeness (QED) is 0.535. The van der Waals surface area contributed by atoms with Crippen molar-refractivity contribution < 1.29 is 13.2 Å². The van der Waals surface area contributed by atoms with Gasteiger partial charge < -0.3 is 0 Å². The Labute approximate surface area is 192 Å². The molecule has 2 aromatic heterocycles. The van der Waals surface area contributed by atoms with E-state index in [2.05, 4.69) is 15.3 Å². The van der Waals surface area contributed by atoms with Crippen molar-refractivity contribution in [1.29, 1.82) is 0 Å². The first-order chi connectivity index (χ1) is 15.5. The van der Waals surface area contributed by atoms with Gasteiger partial charge in [0, 0.05) is 41.5 Å². The van der Waals surface area contributed by atoms with Crippen LogP contribution in [0.5, 0.6) is 0 Å². The van der Waals surface area contributed by atoms with Crippen molar-refractivity contribution in [3.8, 4) is 11.3 Å². The maximum atomic E-state index is 13.2. The summed E-state index contributed by atoms with van der Waals surface area (Å²) in [6, 6.07) is 9.89. The molecule has 0 atom stereocenters. The molecule has 32 heavy (non-hydrogen) atoms. The molecule has 168 valence electrons. The predicted octanol–water partition coefficient (Wildman–Crippen LogP) is 4.80. The Bertz CT molecular complexity index is 1160. The zero-order chi connectivity index (χ0) is 22.6. The number of amides is 1. The van der Waals surface area contributed by atoms with Gasteiger partial charge in [-0.05, 0) is 49.2 Å². The van der Waals surface area contributed by atoms with Crippen molar-refractivity contribution in [1.82, 2.24) is 14.3 Å². The Morgan fingerprint density at radius 1 is 1.09 bits per heavy atom. The summed E-state index contributed by atoms with van der Waals surface area (Å²) in [5, 5.41) is 5.13. The minimum atomic E-state index is -3.59. The minimum Gasteiger partial charge on any atom is -0.298 e. The van der Waals surface area contributed by atoms with E-state index in [0.717, 1.165) is 36.9 Å². The molecule has 1 fully saturated rings. The second-order valence-corrected chi connectivity index (χ2v) is 10.5. The lowest BCUT2D eigenvalue weighted by molar-refractivity contribution is 0.102. The minimum absolute atomic E-state index is 0.0567. The monoisotopic (exact) mass is 470 g/mol. The molecule has 9 heteroatoms. The Morgan fingerprint density at radius 2 is 1.78 bits per heavy atom. The van der Waals surface area contributed by atoms with E-state index in [9.17, 15) is 13.2 Å². The lowest BCUT2D eigenvalue weighted by atomic mass is 9.95. The highest BCUT2D eigenvalue weighted by Crippen LogP contribution is 2.28. The molecule has 1 amide bonds. The van der Waals surface area contributed by atoms with Crippen LogP contribution in [0, 0.1) is 0 Å². The molecule has 1 aliphatic rings.